The molecular weight excluding hydrogens is 808 g/mol. The predicted molar refractivity (Wildman–Crippen MR) is 205 cm³/mol. The summed E-state index contributed by atoms with van der Waals surface area (Å²) in [4.78, 5) is 9.60. The Kier molecular flexibility index (Phi) is 8.67. The number of rotatable bonds is 7. The molecule has 9 rings (SSSR count). The molecule has 0 radical (unpaired) electrons. The summed E-state index contributed by atoms with van der Waals surface area (Å²) >= 11 is 0. The van der Waals surface area contributed by atoms with Crippen LogP contribution in [-0.2, 0) is 21.1 Å². The molecular formula is C45H34N4OPt. The molecule has 250 valence electrons. The minimum Gasteiger partial charge on any atom is -0.509 e. The molecule has 3 heterocycles. The Morgan fingerprint density at radius 2 is 1.33 bits per heavy atom. The molecule has 2 aromatic heterocycles. The number of hydrogen-bond donors (Lipinski definition) is 0. The summed E-state index contributed by atoms with van der Waals surface area (Å²) < 4.78 is 8.70. The van der Waals surface area contributed by atoms with Gasteiger partial charge in [0.1, 0.15) is 5.82 Å². The number of aromatic nitrogens is 2. The summed E-state index contributed by atoms with van der Waals surface area (Å²) in [7, 11) is 0. The van der Waals surface area contributed by atoms with Crippen LogP contribution in [0, 0.1) is 12.1 Å². The smallest absolute Gasteiger partial charge is 0.509 e. The molecule has 6 aromatic carbocycles. The van der Waals surface area contributed by atoms with Gasteiger partial charge in [-0.25, -0.2) is 4.98 Å². The minimum absolute atomic E-state index is 0. The number of pyridine rings is 1. The number of benzene rings is 6. The average Bonchev–Trinajstić information content (AvgIpc) is 3.72. The van der Waals surface area contributed by atoms with Crippen molar-refractivity contribution in [1.82, 2.24) is 9.55 Å². The maximum absolute atomic E-state index is 6.51. The van der Waals surface area contributed by atoms with Crippen LogP contribution in [0.4, 0.5) is 17.1 Å². The van der Waals surface area contributed by atoms with Crippen LogP contribution in [0.2, 0.25) is 0 Å². The van der Waals surface area contributed by atoms with Gasteiger partial charge in [0.25, 0.3) is 0 Å². The number of anilines is 3. The van der Waals surface area contributed by atoms with E-state index < -0.39 is 0 Å². The van der Waals surface area contributed by atoms with Gasteiger partial charge in [0.15, 0.2) is 0 Å². The van der Waals surface area contributed by atoms with Crippen molar-refractivity contribution in [2.24, 2.45) is 0 Å². The van der Waals surface area contributed by atoms with Crippen LogP contribution in [0.1, 0.15) is 13.8 Å². The molecule has 0 N–H and O–H groups in total. The van der Waals surface area contributed by atoms with Crippen LogP contribution in [-0.4, -0.2) is 22.3 Å². The third-order valence-electron chi connectivity index (χ3n) is 9.52. The number of ether oxygens (including phenoxy) is 1. The summed E-state index contributed by atoms with van der Waals surface area (Å²) in [6.07, 6.45) is 1.89. The van der Waals surface area contributed by atoms with Crippen molar-refractivity contribution in [3.63, 3.8) is 0 Å². The summed E-state index contributed by atoms with van der Waals surface area (Å²) in [6, 6.07) is 58.0. The van der Waals surface area contributed by atoms with Crippen LogP contribution in [0.3, 0.4) is 0 Å². The van der Waals surface area contributed by atoms with Crippen molar-refractivity contribution < 1.29 is 25.8 Å². The second kappa shape index (κ2) is 13.6. The molecule has 51 heavy (non-hydrogen) atoms. The SMILES string of the molecule is CC(C)N1CN(c2[c-]c(Oc3[c-]c4c(cc3)c3ccccc3n4-c3cc(-c4ccccc4-c4ccccc4)ccn3)ccc2)c2ccccc21.[Pt+2]. The Balaban J connectivity index is 0.00000374. The van der Waals surface area contributed by atoms with Gasteiger partial charge in [0.05, 0.1) is 18.0 Å². The van der Waals surface area contributed by atoms with Crippen LogP contribution < -0.4 is 14.5 Å². The molecule has 5 nitrogen and oxygen atoms in total. The van der Waals surface area contributed by atoms with E-state index in [2.05, 4.69) is 168 Å². The van der Waals surface area contributed by atoms with Crippen molar-refractivity contribution in [2.75, 3.05) is 16.5 Å². The standard InChI is InChI=1S/C45H34N4O.Pt/c1-31(2)47-30-48(43-22-11-10-21-42(43)47)34-15-12-16-35(28-34)50-36-23-24-40-39-19-8-9-20-41(39)49(44(40)29-36)45-27-33(25-26-46-45)38-18-7-6-17-37(38)32-13-4-3-5-14-32;/h3-27,31H,30H2,1-2H3;/q-2;+2. The fraction of sp³-hybridized carbons (Fsp3) is 0.0889. The zero-order valence-electron chi connectivity index (χ0n) is 28.2. The van der Waals surface area contributed by atoms with Crippen LogP contribution in [0.15, 0.2) is 152 Å². The van der Waals surface area contributed by atoms with E-state index in [1.807, 2.05) is 24.4 Å². The zero-order chi connectivity index (χ0) is 33.6. The molecule has 0 saturated carbocycles. The van der Waals surface area contributed by atoms with Crippen molar-refractivity contribution in [2.45, 2.75) is 19.9 Å². The van der Waals surface area contributed by atoms with Gasteiger partial charge < -0.3 is 19.1 Å². The van der Waals surface area contributed by atoms with E-state index in [-0.39, 0.29) is 21.1 Å². The third-order valence-corrected chi connectivity index (χ3v) is 9.52. The number of nitrogens with zero attached hydrogens (tertiary/aromatic N) is 4. The molecule has 0 amide bonds. The van der Waals surface area contributed by atoms with E-state index in [9.17, 15) is 0 Å². The average molecular weight is 842 g/mol. The molecule has 6 heteroatoms. The quantitative estimate of drug-likeness (QED) is 0.150. The molecule has 0 bridgehead atoms. The summed E-state index contributed by atoms with van der Waals surface area (Å²) in [6.45, 7) is 5.21. The summed E-state index contributed by atoms with van der Waals surface area (Å²) in [5, 5.41) is 2.23. The first kappa shape index (κ1) is 32.6. The molecule has 0 spiro atoms. The maximum atomic E-state index is 6.51. The molecule has 1 aliphatic heterocycles. The van der Waals surface area contributed by atoms with Gasteiger partial charge in [-0.1, -0.05) is 96.1 Å². The third kappa shape index (κ3) is 5.88. The normalized spacial score (nSPS) is 12.4. The van der Waals surface area contributed by atoms with Crippen LogP contribution in [0.25, 0.3) is 49.9 Å². The first-order chi connectivity index (χ1) is 24.6. The Bertz CT molecular complexity index is 2510. The molecule has 0 aliphatic carbocycles. The van der Waals surface area contributed by atoms with Gasteiger partial charge in [-0.2, -0.15) is 12.1 Å². The maximum Gasteiger partial charge on any atom is 2.00 e. The predicted octanol–water partition coefficient (Wildman–Crippen LogP) is 11.2. The Morgan fingerprint density at radius 3 is 2.16 bits per heavy atom. The zero-order valence-corrected chi connectivity index (χ0v) is 30.5. The number of hydrogen-bond acceptors (Lipinski definition) is 4. The first-order valence-electron chi connectivity index (χ1n) is 17.0. The summed E-state index contributed by atoms with van der Waals surface area (Å²) in [5.74, 6) is 2.07. The fourth-order valence-electron chi connectivity index (χ4n) is 7.14. The second-order valence-electron chi connectivity index (χ2n) is 12.9. The molecule has 0 atom stereocenters. The Hall–Kier alpha value is -5.64. The van der Waals surface area contributed by atoms with Gasteiger partial charge in [-0.05, 0) is 71.8 Å². The molecule has 8 aromatic rings. The van der Waals surface area contributed by atoms with Gasteiger partial charge in [0.2, 0.25) is 0 Å². The van der Waals surface area contributed by atoms with E-state index in [0.29, 0.717) is 17.5 Å². The summed E-state index contributed by atoms with van der Waals surface area (Å²) in [5.41, 5.74) is 9.95. The van der Waals surface area contributed by atoms with Crippen LogP contribution in [0.5, 0.6) is 11.5 Å². The Morgan fingerprint density at radius 1 is 0.627 bits per heavy atom. The van der Waals surface area contributed by atoms with E-state index >= 15 is 0 Å². The van der Waals surface area contributed by atoms with Gasteiger partial charge in [-0.3, -0.25) is 0 Å². The van der Waals surface area contributed by atoms with E-state index in [1.165, 1.54) is 22.5 Å². The van der Waals surface area contributed by atoms with Crippen molar-refractivity contribution in [1.29, 1.82) is 0 Å². The largest absolute Gasteiger partial charge is 2.00 e. The van der Waals surface area contributed by atoms with Gasteiger partial charge >= 0.3 is 21.1 Å². The second-order valence-corrected chi connectivity index (χ2v) is 12.9. The Labute approximate surface area is 312 Å². The monoisotopic (exact) mass is 841 g/mol. The van der Waals surface area contributed by atoms with Crippen molar-refractivity contribution in [3.8, 4) is 39.6 Å². The first-order valence-corrected chi connectivity index (χ1v) is 17.0. The van der Waals surface area contributed by atoms with Crippen molar-refractivity contribution >= 4 is 38.9 Å². The van der Waals surface area contributed by atoms with Crippen LogP contribution >= 0.6 is 0 Å². The van der Waals surface area contributed by atoms with E-state index in [0.717, 1.165) is 51.1 Å². The van der Waals surface area contributed by atoms with Crippen molar-refractivity contribution in [3.05, 3.63) is 164 Å². The number of para-hydroxylation sites is 3. The van der Waals surface area contributed by atoms with E-state index in [4.69, 9.17) is 9.72 Å². The fourth-order valence-corrected chi connectivity index (χ4v) is 7.14. The molecule has 0 saturated heterocycles. The van der Waals surface area contributed by atoms with E-state index in [1.54, 1.807) is 0 Å². The number of fused-ring (bicyclic) bond motifs is 4. The molecule has 0 fully saturated rings. The minimum atomic E-state index is 0. The molecule has 0 unspecified atom stereocenters. The van der Waals surface area contributed by atoms with Gasteiger partial charge in [-0.15, -0.1) is 35.7 Å². The topological polar surface area (TPSA) is 33.5 Å². The van der Waals surface area contributed by atoms with Gasteiger partial charge in [0, 0.05) is 29.3 Å². The molecule has 1 aliphatic rings.